The second kappa shape index (κ2) is 9.28. The topological polar surface area (TPSA) is 49.4 Å². The van der Waals surface area contributed by atoms with Gasteiger partial charge in [0.1, 0.15) is 0 Å². The van der Waals surface area contributed by atoms with Crippen LogP contribution >= 0.6 is 23.2 Å². The summed E-state index contributed by atoms with van der Waals surface area (Å²) in [5.74, 6) is -0.149. The fourth-order valence-electron chi connectivity index (χ4n) is 2.30. The van der Waals surface area contributed by atoms with E-state index in [0.29, 0.717) is 29.4 Å². The number of carbonyl (C=O) groups is 2. The fraction of sp³-hybridized carbons (Fsp3) is 0.556. The number of hydrogen-bond acceptors (Lipinski definition) is 2. The molecule has 1 aromatic rings. The zero-order valence-corrected chi connectivity index (χ0v) is 16.3. The highest BCUT2D eigenvalue weighted by Gasteiger charge is 2.19. The number of amides is 2. The van der Waals surface area contributed by atoms with Gasteiger partial charge < -0.3 is 10.2 Å². The van der Waals surface area contributed by atoms with E-state index in [1.165, 1.54) is 0 Å². The highest BCUT2D eigenvalue weighted by Crippen LogP contribution is 2.23. The van der Waals surface area contributed by atoms with Crippen LogP contribution in [0.15, 0.2) is 18.2 Å². The predicted molar refractivity (Wildman–Crippen MR) is 99.5 cm³/mol. The molecule has 0 bridgehead atoms. The van der Waals surface area contributed by atoms with E-state index in [-0.39, 0.29) is 23.9 Å². The Kier molecular flexibility index (Phi) is 8.04. The Morgan fingerprint density at radius 1 is 1.17 bits per heavy atom. The lowest BCUT2D eigenvalue weighted by molar-refractivity contribution is -0.136. The number of nitrogens with zero attached hydrogens (tertiary/aromatic N) is 1. The van der Waals surface area contributed by atoms with Gasteiger partial charge in [0.2, 0.25) is 11.8 Å². The highest BCUT2D eigenvalue weighted by molar-refractivity contribution is 6.42. The lowest BCUT2D eigenvalue weighted by Crippen LogP contribution is -2.47. The summed E-state index contributed by atoms with van der Waals surface area (Å²) in [6.45, 7) is 8.24. The van der Waals surface area contributed by atoms with Crippen LogP contribution < -0.4 is 5.32 Å². The van der Waals surface area contributed by atoms with Crippen LogP contribution in [0.3, 0.4) is 0 Å². The molecule has 0 spiro atoms. The van der Waals surface area contributed by atoms with E-state index < -0.39 is 0 Å². The number of likely N-dealkylation sites (N-methyl/N-ethyl adjacent to an activating group) is 1. The molecule has 1 N–H and O–H groups in total. The average molecular weight is 373 g/mol. The molecule has 0 heterocycles. The second-order valence-corrected chi connectivity index (χ2v) is 7.62. The Morgan fingerprint density at radius 3 is 2.38 bits per heavy atom. The molecule has 2 amide bonds. The molecule has 1 rings (SSSR count). The van der Waals surface area contributed by atoms with Gasteiger partial charge >= 0.3 is 0 Å². The van der Waals surface area contributed by atoms with Crippen LogP contribution in [-0.4, -0.2) is 35.3 Å². The number of benzene rings is 1. The van der Waals surface area contributed by atoms with Crippen molar-refractivity contribution in [3.05, 3.63) is 33.8 Å². The first-order valence-electron chi connectivity index (χ1n) is 8.15. The molecule has 0 aliphatic carbocycles. The number of halogens is 2. The zero-order chi connectivity index (χ0) is 18.3. The van der Waals surface area contributed by atoms with Crippen LogP contribution in [0.1, 0.15) is 46.1 Å². The van der Waals surface area contributed by atoms with Crippen LogP contribution in [0.5, 0.6) is 0 Å². The van der Waals surface area contributed by atoms with E-state index in [4.69, 9.17) is 23.2 Å². The summed E-state index contributed by atoms with van der Waals surface area (Å²) in [7, 11) is 0. The van der Waals surface area contributed by atoms with E-state index in [9.17, 15) is 9.59 Å². The van der Waals surface area contributed by atoms with Crippen molar-refractivity contribution in [2.24, 2.45) is 0 Å². The molecule has 0 aromatic heterocycles. The summed E-state index contributed by atoms with van der Waals surface area (Å²) >= 11 is 11.9. The van der Waals surface area contributed by atoms with E-state index >= 15 is 0 Å². The minimum absolute atomic E-state index is 0.0124. The van der Waals surface area contributed by atoms with Crippen molar-refractivity contribution in [2.45, 2.75) is 52.5 Å². The average Bonchev–Trinajstić information content (AvgIpc) is 2.46. The fourth-order valence-corrected chi connectivity index (χ4v) is 2.63. The second-order valence-electron chi connectivity index (χ2n) is 6.81. The Hall–Kier alpha value is -1.26. The molecule has 24 heavy (non-hydrogen) atoms. The Labute approximate surface area is 154 Å². The van der Waals surface area contributed by atoms with Gasteiger partial charge in [0.25, 0.3) is 0 Å². The number of rotatable bonds is 7. The minimum Gasteiger partial charge on any atom is -0.350 e. The van der Waals surface area contributed by atoms with Crippen LogP contribution in [0.25, 0.3) is 0 Å². The van der Waals surface area contributed by atoms with Crippen molar-refractivity contribution >= 4 is 35.0 Å². The smallest absolute Gasteiger partial charge is 0.240 e. The molecule has 0 radical (unpaired) electrons. The molecule has 134 valence electrons. The summed E-state index contributed by atoms with van der Waals surface area (Å²) in [6, 6.07) is 5.49. The Morgan fingerprint density at radius 2 is 1.83 bits per heavy atom. The standard InChI is InChI=1S/C18H26Cl2N2O2/c1-5-22(12-16(23)21-18(2,3)4)17(24)8-6-7-13-9-10-14(19)15(20)11-13/h9-11H,5-8,12H2,1-4H3,(H,21,23). The minimum atomic E-state index is -0.298. The van der Waals surface area contributed by atoms with Gasteiger partial charge in [-0.25, -0.2) is 0 Å². The number of nitrogens with one attached hydrogen (secondary N) is 1. The molecule has 1 aromatic carbocycles. The maximum absolute atomic E-state index is 12.3. The van der Waals surface area contributed by atoms with Crippen molar-refractivity contribution in [2.75, 3.05) is 13.1 Å². The molecule has 0 aliphatic rings. The third-order valence-electron chi connectivity index (χ3n) is 3.42. The number of carbonyl (C=O) groups excluding carboxylic acids is 2. The van der Waals surface area contributed by atoms with Gasteiger partial charge in [0.05, 0.1) is 16.6 Å². The van der Waals surface area contributed by atoms with E-state index in [2.05, 4.69) is 5.32 Å². The third kappa shape index (κ3) is 7.54. The van der Waals surface area contributed by atoms with Gasteiger partial charge in [-0.3, -0.25) is 9.59 Å². The summed E-state index contributed by atoms with van der Waals surface area (Å²) in [5.41, 5.74) is 0.749. The van der Waals surface area contributed by atoms with Crippen molar-refractivity contribution in [3.63, 3.8) is 0 Å². The Balaban J connectivity index is 2.46. The van der Waals surface area contributed by atoms with Gasteiger partial charge in [-0.1, -0.05) is 29.3 Å². The SMILES string of the molecule is CCN(CC(=O)NC(C)(C)C)C(=O)CCCc1ccc(Cl)c(Cl)c1. The number of aryl methyl sites for hydroxylation is 1. The summed E-state index contributed by atoms with van der Waals surface area (Å²) in [6.07, 6.45) is 1.85. The normalized spacial score (nSPS) is 11.2. The lowest BCUT2D eigenvalue weighted by Gasteiger charge is -2.25. The summed E-state index contributed by atoms with van der Waals surface area (Å²) < 4.78 is 0. The molecule has 4 nitrogen and oxygen atoms in total. The molecule has 0 atom stereocenters. The Bertz CT molecular complexity index is 583. The van der Waals surface area contributed by atoms with E-state index in [1.54, 1.807) is 11.0 Å². The van der Waals surface area contributed by atoms with Crippen LogP contribution in [-0.2, 0) is 16.0 Å². The summed E-state index contributed by atoms with van der Waals surface area (Å²) in [4.78, 5) is 25.8. The summed E-state index contributed by atoms with van der Waals surface area (Å²) in [5, 5.41) is 3.92. The maximum atomic E-state index is 12.3. The quantitative estimate of drug-likeness (QED) is 0.783. The first-order chi connectivity index (χ1) is 11.1. The molecule has 0 saturated carbocycles. The van der Waals surface area contributed by atoms with Crippen LogP contribution in [0.4, 0.5) is 0 Å². The highest BCUT2D eigenvalue weighted by atomic mass is 35.5. The van der Waals surface area contributed by atoms with Gasteiger partial charge in [-0.15, -0.1) is 0 Å². The van der Waals surface area contributed by atoms with Crippen molar-refractivity contribution in [1.29, 1.82) is 0 Å². The third-order valence-corrected chi connectivity index (χ3v) is 4.16. The molecule has 0 aliphatic heterocycles. The van der Waals surface area contributed by atoms with Gasteiger partial charge in [-0.05, 0) is 58.2 Å². The van der Waals surface area contributed by atoms with Crippen LogP contribution in [0, 0.1) is 0 Å². The number of hydrogen-bond donors (Lipinski definition) is 1. The maximum Gasteiger partial charge on any atom is 0.240 e. The molecule has 6 heteroatoms. The van der Waals surface area contributed by atoms with Gasteiger partial charge in [0.15, 0.2) is 0 Å². The van der Waals surface area contributed by atoms with Crippen LogP contribution in [0.2, 0.25) is 10.0 Å². The van der Waals surface area contributed by atoms with Crippen molar-refractivity contribution in [3.8, 4) is 0 Å². The zero-order valence-electron chi connectivity index (χ0n) is 14.8. The lowest BCUT2D eigenvalue weighted by atomic mass is 10.1. The van der Waals surface area contributed by atoms with E-state index in [1.807, 2.05) is 39.8 Å². The van der Waals surface area contributed by atoms with Gasteiger partial charge in [0, 0.05) is 18.5 Å². The predicted octanol–water partition coefficient (Wildman–Crippen LogP) is 4.08. The van der Waals surface area contributed by atoms with Gasteiger partial charge in [-0.2, -0.15) is 0 Å². The molecule has 0 saturated heterocycles. The molecular formula is C18H26Cl2N2O2. The van der Waals surface area contributed by atoms with E-state index in [0.717, 1.165) is 12.0 Å². The molecular weight excluding hydrogens is 347 g/mol. The monoisotopic (exact) mass is 372 g/mol. The largest absolute Gasteiger partial charge is 0.350 e. The molecule has 0 unspecified atom stereocenters. The van der Waals surface area contributed by atoms with Crippen molar-refractivity contribution < 1.29 is 9.59 Å². The van der Waals surface area contributed by atoms with Crippen molar-refractivity contribution in [1.82, 2.24) is 10.2 Å². The first-order valence-corrected chi connectivity index (χ1v) is 8.90. The first kappa shape index (κ1) is 20.8. The molecule has 0 fully saturated rings.